The number of Topliss-reactive ketones (excluding diaryl/α,β-unsaturated/α-hetero) is 1. The first-order valence-corrected chi connectivity index (χ1v) is 9.77. The van der Waals surface area contributed by atoms with Crippen LogP contribution in [-0.4, -0.2) is 37.7 Å². The van der Waals surface area contributed by atoms with Crippen molar-refractivity contribution < 1.29 is 33.3 Å². The van der Waals surface area contributed by atoms with Crippen LogP contribution >= 0.6 is 0 Å². The van der Waals surface area contributed by atoms with Gasteiger partial charge >= 0.3 is 5.97 Å². The summed E-state index contributed by atoms with van der Waals surface area (Å²) in [6.07, 6.45) is 0. The molecule has 1 N–H and O–H groups in total. The molecule has 0 spiro atoms. The average molecular weight is 427 g/mol. The summed E-state index contributed by atoms with van der Waals surface area (Å²) in [5.74, 6) is -0.153. The second-order valence-electron chi connectivity index (χ2n) is 8.08. The fourth-order valence-electron chi connectivity index (χ4n) is 2.90. The first-order chi connectivity index (χ1) is 14.6. The normalized spacial score (nSPS) is 12.3. The molecular weight excluding hydrogens is 402 g/mol. The van der Waals surface area contributed by atoms with Gasteiger partial charge in [0.25, 0.3) is 5.91 Å². The molecule has 0 aliphatic carbocycles. The summed E-state index contributed by atoms with van der Waals surface area (Å²) < 4.78 is 20.9. The number of ether oxygens (including phenoxy) is 4. The maximum Gasteiger partial charge on any atom is 0.344 e. The first kappa shape index (κ1) is 22.1. The number of benzene rings is 2. The van der Waals surface area contributed by atoms with E-state index in [9.17, 15) is 14.4 Å². The molecule has 8 nitrogen and oxygen atoms in total. The Bertz CT molecular complexity index is 990. The van der Waals surface area contributed by atoms with Gasteiger partial charge in [-0.05, 0) is 36.1 Å². The van der Waals surface area contributed by atoms with Gasteiger partial charge in [-0.2, -0.15) is 0 Å². The minimum absolute atomic E-state index is 0.0189. The molecule has 0 radical (unpaired) electrons. The van der Waals surface area contributed by atoms with Crippen LogP contribution in [0.4, 0.5) is 5.69 Å². The topological polar surface area (TPSA) is 100 Å². The highest BCUT2D eigenvalue weighted by molar-refractivity contribution is 6.05. The van der Waals surface area contributed by atoms with Crippen LogP contribution in [0, 0.1) is 0 Å². The number of carbonyl (C=O) groups is 3. The SMILES string of the molecule is CC(=O)c1cc2c(cc1NC(=O)COC(=O)COc1ccc(C(C)(C)C)cc1)OCO2. The van der Waals surface area contributed by atoms with Crippen LogP contribution in [0.2, 0.25) is 0 Å². The van der Waals surface area contributed by atoms with Crippen molar-refractivity contribution in [3.63, 3.8) is 0 Å². The molecule has 1 amide bonds. The van der Waals surface area contributed by atoms with Gasteiger partial charge in [-0.1, -0.05) is 32.9 Å². The number of ketones is 1. The van der Waals surface area contributed by atoms with E-state index in [1.54, 1.807) is 12.1 Å². The molecule has 0 atom stereocenters. The average Bonchev–Trinajstić information content (AvgIpc) is 3.17. The predicted octanol–water partition coefficient (Wildman–Crippen LogP) is 3.48. The van der Waals surface area contributed by atoms with Crippen LogP contribution in [0.25, 0.3) is 0 Å². The minimum atomic E-state index is -0.687. The van der Waals surface area contributed by atoms with Crippen molar-refractivity contribution in [2.24, 2.45) is 0 Å². The largest absolute Gasteiger partial charge is 0.482 e. The lowest BCUT2D eigenvalue weighted by atomic mass is 9.87. The fourth-order valence-corrected chi connectivity index (χ4v) is 2.90. The van der Waals surface area contributed by atoms with Crippen LogP contribution in [0.15, 0.2) is 36.4 Å². The Morgan fingerprint density at radius 2 is 1.65 bits per heavy atom. The van der Waals surface area contributed by atoms with Crippen molar-refractivity contribution in [1.29, 1.82) is 0 Å². The number of fused-ring (bicyclic) bond motifs is 1. The highest BCUT2D eigenvalue weighted by atomic mass is 16.7. The zero-order chi connectivity index (χ0) is 22.6. The monoisotopic (exact) mass is 427 g/mol. The van der Waals surface area contributed by atoms with E-state index in [2.05, 4.69) is 26.1 Å². The van der Waals surface area contributed by atoms with Gasteiger partial charge in [0.1, 0.15) is 5.75 Å². The molecule has 2 aromatic rings. The smallest absolute Gasteiger partial charge is 0.344 e. The lowest BCUT2D eigenvalue weighted by molar-refractivity contribution is -0.149. The zero-order valence-electron chi connectivity index (χ0n) is 17.9. The summed E-state index contributed by atoms with van der Waals surface area (Å²) in [6.45, 7) is 6.89. The van der Waals surface area contributed by atoms with Crippen molar-refractivity contribution in [3.8, 4) is 17.2 Å². The number of hydrogen-bond donors (Lipinski definition) is 1. The molecule has 0 fully saturated rings. The van der Waals surface area contributed by atoms with Crippen LogP contribution in [-0.2, 0) is 19.7 Å². The van der Waals surface area contributed by atoms with Gasteiger partial charge in [0.05, 0.1) is 5.69 Å². The number of amides is 1. The molecule has 3 rings (SSSR count). The molecule has 1 aliphatic heterocycles. The van der Waals surface area contributed by atoms with Gasteiger partial charge in [0.2, 0.25) is 6.79 Å². The summed E-state index contributed by atoms with van der Waals surface area (Å²) in [7, 11) is 0. The molecule has 0 bridgehead atoms. The van der Waals surface area contributed by atoms with E-state index in [-0.39, 0.29) is 35.8 Å². The molecule has 1 aliphatic rings. The molecule has 2 aromatic carbocycles. The molecule has 0 saturated heterocycles. The van der Waals surface area contributed by atoms with E-state index >= 15 is 0 Å². The zero-order valence-corrected chi connectivity index (χ0v) is 17.9. The lowest BCUT2D eigenvalue weighted by Crippen LogP contribution is -2.24. The van der Waals surface area contributed by atoms with Gasteiger partial charge < -0.3 is 24.3 Å². The fraction of sp³-hybridized carbons (Fsp3) is 0.348. The quantitative estimate of drug-likeness (QED) is 0.533. The first-order valence-electron chi connectivity index (χ1n) is 9.77. The van der Waals surface area contributed by atoms with Crippen LogP contribution in [0.3, 0.4) is 0 Å². The van der Waals surface area contributed by atoms with E-state index in [4.69, 9.17) is 18.9 Å². The molecule has 1 heterocycles. The Balaban J connectivity index is 1.50. The van der Waals surface area contributed by atoms with Crippen LogP contribution < -0.4 is 19.5 Å². The highest BCUT2D eigenvalue weighted by Crippen LogP contribution is 2.37. The summed E-state index contributed by atoms with van der Waals surface area (Å²) in [5.41, 5.74) is 1.69. The number of rotatable bonds is 7. The molecule has 0 saturated carbocycles. The highest BCUT2D eigenvalue weighted by Gasteiger charge is 2.21. The summed E-state index contributed by atoms with van der Waals surface area (Å²) >= 11 is 0. The third-order valence-electron chi connectivity index (χ3n) is 4.61. The van der Waals surface area contributed by atoms with E-state index in [1.807, 2.05) is 12.1 Å². The molecule has 164 valence electrons. The predicted molar refractivity (Wildman–Crippen MR) is 113 cm³/mol. The van der Waals surface area contributed by atoms with E-state index < -0.39 is 18.5 Å². The van der Waals surface area contributed by atoms with Crippen molar-refractivity contribution in [1.82, 2.24) is 0 Å². The Morgan fingerprint density at radius 3 is 2.26 bits per heavy atom. The summed E-state index contributed by atoms with van der Waals surface area (Å²) in [5, 5.41) is 2.56. The van der Waals surface area contributed by atoms with Gasteiger partial charge in [0, 0.05) is 11.6 Å². The Morgan fingerprint density at radius 1 is 1.00 bits per heavy atom. The number of nitrogens with one attached hydrogen (secondary N) is 1. The van der Waals surface area contributed by atoms with E-state index in [0.717, 1.165) is 5.56 Å². The maximum atomic E-state index is 12.2. The van der Waals surface area contributed by atoms with E-state index in [1.165, 1.54) is 19.1 Å². The Kier molecular flexibility index (Phi) is 6.48. The van der Waals surface area contributed by atoms with E-state index in [0.29, 0.717) is 17.2 Å². The maximum absolute atomic E-state index is 12.2. The molecular formula is C23H25NO7. The number of anilines is 1. The van der Waals surface area contributed by atoms with Crippen LogP contribution in [0.1, 0.15) is 43.6 Å². The molecule has 0 unspecified atom stereocenters. The minimum Gasteiger partial charge on any atom is -0.482 e. The van der Waals surface area contributed by atoms with Gasteiger partial charge in [-0.15, -0.1) is 0 Å². The van der Waals surface area contributed by atoms with Crippen molar-refractivity contribution >= 4 is 23.3 Å². The number of hydrogen-bond acceptors (Lipinski definition) is 7. The second-order valence-corrected chi connectivity index (χ2v) is 8.08. The Labute approximate surface area is 180 Å². The molecule has 31 heavy (non-hydrogen) atoms. The van der Waals surface area contributed by atoms with Gasteiger partial charge in [0.15, 0.2) is 30.5 Å². The summed E-state index contributed by atoms with van der Waals surface area (Å²) in [6, 6.07) is 10.4. The Hall–Kier alpha value is -3.55. The van der Waals surface area contributed by atoms with Crippen molar-refractivity contribution in [3.05, 3.63) is 47.5 Å². The standard InChI is InChI=1S/C23H25NO7/c1-14(25)17-9-19-20(31-13-30-19)10-18(17)24-21(26)11-29-22(27)12-28-16-7-5-15(6-8-16)23(2,3)4/h5-10H,11-13H2,1-4H3,(H,24,26). The molecule has 0 aromatic heterocycles. The van der Waals surface area contributed by atoms with Crippen LogP contribution in [0.5, 0.6) is 17.2 Å². The van der Waals surface area contributed by atoms with Crippen molar-refractivity contribution in [2.75, 3.05) is 25.3 Å². The third-order valence-corrected chi connectivity index (χ3v) is 4.61. The number of esters is 1. The lowest BCUT2D eigenvalue weighted by Gasteiger charge is -2.19. The van der Waals surface area contributed by atoms with Crippen molar-refractivity contribution in [2.45, 2.75) is 33.1 Å². The summed E-state index contributed by atoms with van der Waals surface area (Å²) in [4.78, 5) is 36.0. The van der Waals surface area contributed by atoms with Gasteiger partial charge in [-0.25, -0.2) is 4.79 Å². The van der Waals surface area contributed by atoms with Gasteiger partial charge in [-0.3, -0.25) is 9.59 Å². The third kappa shape index (κ3) is 5.75. The number of carbonyl (C=O) groups excluding carboxylic acids is 3. The molecule has 8 heteroatoms. The second kappa shape index (κ2) is 9.07.